The van der Waals surface area contributed by atoms with E-state index < -0.39 is 107 Å². The number of ether oxygens (including phenoxy) is 6. The number of carbonyl (C=O) groups is 4. The molecular formula is C59H88FN7O14. The van der Waals surface area contributed by atoms with Gasteiger partial charge in [-0.1, -0.05) is 26.8 Å². The van der Waals surface area contributed by atoms with Crippen LogP contribution in [0.1, 0.15) is 123 Å². The van der Waals surface area contributed by atoms with E-state index in [0.717, 1.165) is 18.9 Å². The molecule has 21 nitrogen and oxygen atoms in total. The van der Waals surface area contributed by atoms with Gasteiger partial charge in [0.05, 0.1) is 48.6 Å². The Morgan fingerprint density at radius 2 is 1.72 bits per heavy atom. The molecule has 1 aromatic carbocycles. The molecule has 3 aromatic rings. The Labute approximate surface area is 475 Å². The monoisotopic (exact) mass is 1140 g/mol. The van der Waals surface area contributed by atoms with Gasteiger partial charge in [-0.25, -0.2) is 4.39 Å². The molecule has 4 fully saturated rings. The number of benzene rings is 1. The number of fused-ring (bicyclic) bond motifs is 1. The number of likely N-dealkylation sites (N-methyl/N-ethyl adjacent to an activating group) is 2. The number of aliphatic hydroxyl groups is 3. The fraction of sp³-hybridized carbons (Fsp3) is 0.695. The van der Waals surface area contributed by atoms with Gasteiger partial charge in [-0.05, 0) is 119 Å². The smallest absolute Gasteiger partial charge is 0.312 e. The van der Waals surface area contributed by atoms with Crippen LogP contribution in [0, 0.1) is 23.6 Å². The molecule has 450 valence electrons. The van der Waals surface area contributed by atoms with Crippen LogP contribution in [0.5, 0.6) is 5.75 Å². The number of nitrogens with zero attached hydrogens (tertiary/aromatic N) is 6. The number of carbonyl (C=O) groups excluding carboxylic acids is 4. The molecule has 1 amide bonds. The van der Waals surface area contributed by atoms with Crippen LogP contribution in [0.15, 0.2) is 41.5 Å². The molecule has 0 radical (unpaired) electrons. The summed E-state index contributed by atoms with van der Waals surface area (Å²) in [5.74, 6) is -6.15. The van der Waals surface area contributed by atoms with E-state index in [0.29, 0.717) is 43.8 Å². The first-order valence-electron chi connectivity index (χ1n) is 28.6. The van der Waals surface area contributed by atoms with Crippen LogP contribution in [-0.4, -0.2) is 197 Å². The highest BCUT2D eigenvalue weighted by molar-refractivity contribution is 5.99. The van der Waals surface area contributed by atoms with Crippen molar-refractivity contribution in [2.45, 2.75) is 186 Å². The third-order valence-corrected chi connectivity index (χ3v) is 17.4. The van der Waals surface area contributed by atoms with Gasteiger partial charge in [0, 0.05) is 75.2 Å². The normalized spacial score (nSPS) is 33.3. The minimum atomic E-state index is -1.92. The lowest BCUT2D eigenvalue weighted by Crippen LogP contribution is -2.60. The van der Waals surface area contributed by atoms with Crippen molar-refractivity contribution < 1.29 is 67.3 Å². The highest BCUT2D eigenvalue weighted by Gasteiger charge is 2.53. The number of esters is 3. The second-order valence-electron chi connectivity index (χ2n) is 24.1. The average Bonchev–Trinajstić information content (AvgIpc) is 4.17. The van der Waals surface area contributed by atoms with Gasteiger partial charge in [0.15, 0.2) is 17.9 Å². The fourth-order valence-electron chi connectivity index (χ4n) is 12.7. The minimum Gasteiger partial charge on any atom is -0.492 e. The van der Waals surface area contributed by atoms with Crippen molar-refractivity contribution in [3.8, 4) is 5.75 Å². The third kappa shape index (κ3) is 14.0. The van der Waals surface area contributed by atoms with Gasteiger partial charge in [0.25, 0.3) is 5.91 Å². The van der Waals surface area contributed by atoms with Crippen LogP contribution in [0.25, 0.3) is 10.9 Å². The number of aliphatic hydroxyl groups excluding tert-OH is 2. The van der Waals surface area contributed by atoms with E-state index in [2.05, 4.69) is 9.88 Å². The number of hydrogen-bond acceptors (Lipinski definition) is 19. The lowest BCUT2D eigenvalue weighted by molar-refractivity contribution is -0.301. The van der Waals surface area contributed by atoms with E-state index in [9.17, 15) is 39.3 Å². The number of rotatable bonds is 15. The van der Waals surface area contributed by atoms with Crippen molar-refractivity contribution >= 4 is 40.4 Å². The van der Waals surface area contributed by atoms with Crippen molar-refractivity contribution in [2.24, 2.45) is 23.5 Å². The summed E-state index contributed by atoms with van der Waals surface area (Å²) in [4.78, 5) is 81.4. The Morgan fingerprint density at radius 1 is 1.01 bits per heavy atom. The molecule has 1 aliphatic carbocycles. The molecular weight excluding hydrogens is 1050 g/mol. The zero-order valence-corrected chi connectivity index (χ0v) is 49.5. The van der Waals surface area contributed by atoms with E-state index in [1.807, 2.05) is 49.6 Å². The summed E-state index contributed by atoms with van der Waals surface area (Å²) in [6.45, 7) is 17.3. The summed E-state index contributed by atoms with van der Waals surface area (Å²) in [5, 5.41) is 35.9. The standard InChI is InChI=1S/C59H88FN7O14/c1-14-44-59(9,75)53(72)37(7)64(12)29-32(2)28-58(8,54(80-57-50(71)43(63(10)11)25-34(4)77-57)35(5)51(36(6)56(74)78-44)79-46(69)26-38-17-15-16-21-62-38)81-45(68)20-22-65-23-24-66(30-33(65)3)48-42(60)27-40-47(52(48)76-13)67(39-18-19-39)31-41(49(40)70)55(61)73/h15-17,21,27,31-37,39,43-44,50-51,53-54,57,71-72,75H,14,18-20,22-26,28-30H2,1-13H3,(H2,61,73)/t32-,33?,34-,35+,36-,37-,43+,44-,50-,51+,53-,54-,57+,58-,59-/m1/s1. The summed E-state index contributed by atoms with van der Waals surface area (Å²) in [6, 6.07) is 4.94. The number of hydrogen-bond donors (Lipinski definition) is 4. The molecule has 0 bridgehead atoms. The first kappa shape index (κ1) is 63.3. The van der Waals surface area contributed by atoms with Crippen molar-refractivity contribution in [1.29, 1.82) is 0 Å². The number of aromatic nitrogens is 2. The molecule has 1 unspecified atom stereocenters. The van der Waals surface area contributed by atoms with Gasteiger partial charge in [-0.3, -0.25) is 33.9 Å². The average molecular weight is 1140 g/mol. The number of amides is 1. The maximum absolute atomic E-state index is 16.4. The van der Waals surface area contributed by atoms with Crippen LogP contribution in [0.2, 0.25) is 0 Å². The number of nitrogens with two attached hydrogens (primary N) is 1. The zero-order chi connectivity index (χ0) is 59.6. The largest absolute Gasteiger partial charge is 0.492 e. The zero-order valence-electron chi connectivity index (χ0n) is 49.5. The molecule has 3 saturated heterocycles. The minimum absolute atomic E-state index is 0.00166. The predicted molar refractivity (Wildman–Crippen MR) is 300 cm³/mol. The highest BCUT2D eigenvalue weighted by Crippen LogP contribution is 2.45. The maximum atomic E-state index is 16.4. The highest BCUT2D eigenvalue weighted by atomic mass is 19.1. The van der Waals surface area contributed by atoms with Crippen molar-refractivity contribution in [3.05, 3.63) is 64.0 Å². The van der Waals surface area contributed by atoms with Gasteiger partial charge >= 0.3 is 17.9 Å². The summed E-state index contributed by atoms with van der Waals surface area (Å²) in [7, 11) is 6.92. The van der Waals surface area contributed by atoms with E-state index >= 15 is 4.39 Å². The van der Waals surface area contributed by atoms with E-state index in [4.69, 9.17) is 34.2 Å². The summed E-state index contributed by atoms with van der Waals surface area (Å²) < 4.78 is 56.8. The van der Waals surface area contributed by atoms with Crippen LogP contribution in [-0.2, 0) is 44.5 Å². The Hall–Kier alpha value is -5.33. The summed E-state index contributed by atoms with van der Waals surface area (Å²) >= 11 is 0. The second kappa shape index (κ2) is 26.1. The second-order valence-corrected chi connectivity index (χ2v) is 24.1. The molecule has 2 aromatic heterocycles. The van der Waals surface area contributed by atoms with Crippen LogP contribution >= 0.6 is 0 Å². The number of anilines is 1. The SMILES string of the molecule is CC[C@H]1OC(=O)[C@H](C)[C@@H](OC(=O)Cc2ccccn2)[C@H](C)[C@@H](O[C@@H]2O[C@H](C)C[C@H](N(C)C)[C@H]2O)[C@](C)(OC(=O)CCN2CCN(c3c(F)cc4c(=O)c(C(N)=O)cn(C5CC5)c4c3OC)CC2C)C[C@@H](C)CN(C)[C@H](C)[C@@H](O)[C@]1(C)O. The number of piperazine rings is 1. The quantitative estimate of drug-likeness (QED) is 0.123. The van der Waals surface area contributed by atoms with E-state index in [1.54, 1.807) is 70.6 Å². The molecule has 1 saturated carbocycles. The van der Waals surface area contributed by atoms with Crippen LogP contribution < -0.4 is 20.8 Å². The Morgan fingerprint density at radius 3 is 2.32 bits per heavy atom. The Balaban J connectivity index is 1.23. The van der Waals surface area contributed by atoms with Gasteiger partial charge in [0.1, 0.15) is 53.0 Å². The lowest BCUT2D eigenvalue weighted by atomic mass is 9.77. The molecule has 0 spiro atoms. The van der Waals surface area contributed by atoms with Crippen molar-refractivity contribution in [3.63, 3.8) is 0 Å². The first-order chi connectivity index (χ1) is 38.1. The summed E-state index contributed by atoms with van der Waals surface area (Å²) in [6.07, 6.45) is -3.11. The molecule has 5 heterocycles. The topological polar surface area (TPSA) is 258 Å². The number of primary amides is 1. The molecule has 15 atom stereocenters. The molecule has 3 aliphatic heterocycles. The van der Waals surface area contributed by atoms with Crippen LogP contribution in [0.3, 0.4) is 0 Å². The van der Waals surface area contributed by atoms with Gasteiger partial charge in [0.2, 0.25) is 5.43 Å². The van der Waals surface area contributed by atoms with E-state index in [1.165, 1.54) is 20.2 Å². The van der Waals surface area contributed by atoms with Crippen LogP contribution in [0.4, 0.5) is 10.1 Å². The van der Waals surface area contributed by atoms with Gasteiger partial charge < -0.3 is 68.7 Å². The maximum Gasteiger partial charge on any atom is 0.312 e. The number of halogens is 1. The van der Waals surface area contributed by atoms with Crippen molar-refractivity contribution in [1.82, 2.24) is 24.3 Å². The number of cyclic esters (lactones) is 1. The Bertz CT molecular complexity index is 2760. The summed E-state index contributed by atoms with van der Waals surface area (Å²) in [5.41, 5.74) is 2.12. The number of methoxy groups -OCH3 is 1. The predicted octanol–water partition coefficient (Wildman–Crippen LogP) is 4.21. The Kier molecular flexibility index (Phi) is 20.4. The molecule has 22 heteroatoms. The number of pyridine rings is 2. The molecule has 7 rings (SSSR count). The third-order valence-electron chi connectivity index (χ3n) is 17.4. The van der Waals surface area contributed by atoms with Gasteiger partial charge in [-0.2, -0.15) is 0 Å². The lowest BCUT2D eigenvalue weighted by Gasteiger charge is -2.48. The molecule has 5 N–H and O–H groups in total. The first-order valence-corrected chi connectivity index (χ1v) is 28.6. The van der Waals surface area contributed by atoms with E-state index in [-0.39, 0.29) is 78.7 Å². The molecule has 81 heavy (non-hydrogen) atoms. The van der Waals surface area contributed by atoms with Crippen molar-refractivity contribution in [2.75, 3.05) is 65.9 Å². The molecule has 4 aliphatic rings. The fourth-order valence-corrected chi connectivity index (χ4v) is 12.7. The van der Waals surface area contributed by atoms with Gasteiger partial charge in [-0.15, -0.1) is 0 Å².